The Morgan fingerprint density at radius 3 is 2.84 bits per heavy atom. The van der Waals surface area contributed by atoms with Gasteiger partial charge in [0.2, 0.25) is 5.91 Å². The van der Waals surface area contributed by atoms with E-state index in [1.807, 2.05) is 13.1 Å². The lowest BCUT2D eigenvalue weighted by atomic mass is 10.1. The molecule has 0 spiro atoms. The van der Waals surface area contributed by atoms with Crippen molar-refractivity contribution in [2.45, 2.75) is 31.9 Å². The summed E-state index contributed by atoms with van der Waals surface area (Å²) in [5.41, 5.74) is 1.00. The highest BCUT2D eigenvalue weighted by molar-refractivity contribution is 14.0. The van der Waals surface area contributed by atoms with Crippen molar-refractivity contribution in [2.24, 2.45) is 12.0 Å². The van der Waals surface area contributed by atoms with Gasteiger partial charge in [0, 0.05) is 40.5 Å². The molecule has 0 bridgehead atoms. The Bertz CT molecular complexity index is 555. The number of guanidine groups is 1. The van der Waals surface area contributed by atoms with Crippen LogP contribution in [0.25, 0.3) is 0 Å². The Hall–Kier alpha value is -1.36. The predicted molar refractivity (Wildman–Crippen MR) is 108 cm³/mol. The number of ether oxygens (including phenoxy) is 1. The van der Waals surface area contributed by atoms with Gasteiger partial charge in [0.25, 0.3) is 0 Å². The number of halogens is 1. The third-order valence-corrected chi connectivity index (χ3v) is 4.00. The molecule has 2 rings (SSSR count). The fraction of sp³-hybridized carbons (Fsp3) is 0.688. The van der Waals surface area contributed by atoms with Crippen molar-refractivity contribution in [3.63, 3.8) is 0 Å². The minimum Gasteiger partial charge on any atom is -0.376 e. The largest absolute Gasteiger partial charge is 0.376 e. The van der Waals surface area contributed by atoms with Gasteiger partial charge in [0.1, 0.15) is 0 Å². The van der Waals surface area contributed by atoms with Crippen LogP contribution in [-0.4, -0.2) is 66.4 Å². The van der Waals surface area contributed by atoms with E-state index in [4.69, 9.17) is 4.74 Å². The molecule has 1 unspecified atom stereocenters. The van der Waals surface area contributed by atoms with Crippen LogP contribution >= 0.6 is 24.0 Å². The van der Waals surface area contributed by atoms with Crippen molar-refractivity contribution in [1.29, 1.82) is 0 Å². The highest BCUT2D eigenvalue weighted by Crippen LogP contribution is 2.11. The second-order valence-electron chi connectivity index (χ2n) is 6.12. The Labute approximate surface area is 166 Å². The number of nitrogens with zero attached hydrogens (tertiary/aromatic N) is 4. The number of aryl methyl sites for hydroxylation is 1. The summed E-state index contributed by atoms with van der Waals surface area (Å²) in [6.45, 7) is 2.21. The Kier molecular flexibility index (Phi) is 9.79. The Morgan fingerprint density at radius 2 is 2.24 bits per heavy atom. The van der Waals surface area contributed by atoms with Crippen LogP contribution in [-0.2, 0) is 23.1 Å². The summed E-state index contributed by atoms with van der Waals surface area (Å²) in [5.74, 6) is 0.611. The lowest BCUT2D eigenvalue weighted by Gasteiger charge is -2.24. The zero-order chi connectivity index (χ0) is 17.4. The second-order valence-corrected chi connectivity index (χ2v) is 6.12. The maximum atomic E-state index is 11.8. The topological polar surface area (TPSA) is 83.8 Å². The molecular weight excluding hydrogens is 435 g/mol. The number of likely N-dealkylation sites (N-methyl/N-ethyl adjacent to an activating group) is 1. The van der Waals surface area contributed by atoms with Gasteiger partial charge in [0.05, 0.1) is 24.9 Å². The minimum atomic E-state index is -0.000972. The lowest BCUT2D eigenvalue weighted by molar-refractivity contribution is -0.127. The molecule has 1 saturated heterocycles. The van der Waals surface area contributed by atoms with E-state index in [2.05, 4.69) is 20.7 Å². The first-order valence-electron chi connectivity index (χ1n) is 8.37. The van der Waals surface area contributed by atoms with Crippen LogP contribution in [0.3, 0.4) is 0 Å². The molecule has 1 aliphatic rings. The number of carbonyl (C=O) groups is 1. The summed E-state index contributed by atoms with van der Waals surface area (Å²) in [4.78, 5) is 17.9. The van der Waals surface area contributed by atoms with Crippen LogP contribution < -0.4 is 10.6 Å². The van der Waals surface area contributed by atoms with Gasteiger partial charge in [-0.3, -0.25) is 9.48 Å². The van der Waals surface area contributed by atoms with Crippen molar-refractivity contribution in [3.8, 4) is 0 Å². The number of rotatable bonds is 6. The van der Waals surface area contributed by atoms with E-state index in [0.29, 0.717) is 19.0 Å². The third-order valence-electron chi connectivity index (χ3n) is 4.00. The normalized spacial score (nSPS) is 17.6. The van der Waals surface area contributed by atoms with E-state index >= 15 is 0 Å². The minimum absolute atomic E-state index is 0. The molecular formula is C16H29IN6O2. The number of amides is 1. The standard InChI is InChI=1S/C16H28N6O2.HI/c1-21(2)15(23)12-19-16(17-10-13-7-8-20-22(13)3)18-11-14-6-4-5-9-24-14;/h7-8,14H,4-6,9-12H2,1-3H3,(H2,17,18,19);1H. The Morgan fingerprint density at radius 1 is 1.44 bits per heavy atom. The second kappa shape index (κ2) is 11.3. The highest BCUT2D eigenvalue weighted by atomic mass is 127. The van der Waals surface area contributed by atoms with Gasteiger partial charge in [-0.2, -0.15) is 5.10 Å². The van der Waals surface area contributed by atoms with Gasteiger partial charge in [0.15, 0.2) is 5.96 Å². The molecule has 1 aromatic heterocycles. The summed E-state index contributed by atoms with van der Waals surface area (Å²) in [6.07, 6.45) is 5.33. The SMILES string of the molecule is CN(C)C(=O)CNC(=NCc1ccnn1C)NCC1CCCCO1.I. The zero-order valence-corrected chi connectivity index (χ0v) is 17.5. The van der Waals surface area contributed by atoms with Crippen molar-refractivity contribution in [1.82, 2.24) is 25.3 Å². The first-order chi connectivity index (χ1) is 11.6. The van der Waals surface area contributed by atoms with Gasteiger partial charge in [-0.15, -0.1) is 24.0 Å². The molecule has 1 aromatic rings. The summed E-state index contributed by atoms with van der Waals surface area (Å²) < 4.78 is 7.52. The average Bonchev–Trinajstić information content (AvgIpc) is 2.99. The van der Waals surface area contributed by atoms with Gasteiger partial charge in [-0.05, 0) is 25.3 Å². The van der Waals surface area contributed by atoms with Crippen LogP contribution in [0.2, 0.25) is 0 Å². The highest BCUT2D eigenvalue weighted by Gasteiger charge is 2.14. The number of carbonyl (C=O) groups excluding carboxylic acids is 1. The van der Waals surface area contributed by atoms with Gasteiger partial charge >= 0.3 is 0 Å². The van der Waals surface area contributed by atoms with Crippen molar-refractivity contribution >= 4 is 35.8 Å². The molecule has 1 aliphatic heterocycles. The summed E-state index contributed by atoms with van der Waals surface area (Å²) in [6, 6.07) is 1.93. The summed E-state index contributed by atoms with van der Waals surface area (Å²) in [7, 11) is 5.36. The molecule has 0 aromatic carbocycles. The maximum absolute atomic E-state index is 11.8. The molecule has 2 heterocycles. The van der Waals surface area contributed by atoms with Crippen LogP contribution in [0.1, 0.15) is 25.0 Å². The van der Waals surface area contributed by atoms with E-state index in [-0.39, 0.29) is 42.5 Å². The number of hydrogen-bond acceptors (Lipinski definition) is 4. The quantitative estimate of drug-likeness (QED) is 0.369. The Balaban J connectivity index is 0.00000312. The molecule has 1 amide bonds. The molecule has 9 heteroatoms. The molecule has 142 valence electrons. The van der Waals surface area contributed by atoms with E-state index in [1.165, 1.54) is 6.42 Å². The van der Waals surface area contributed by atoms with E-state index in [9.17, 15) is 4.79 Å². The van der Waals surface area contributed by atoms with Crippen molar-refractivity contribution in [3.05, 3.63) is 18.0 Å². The van der Waals surface area contributed by atoms with Crippen LogP contribution in [0.4, 0.5) is 0 Å². The first kappa shape index (κ1) is 21.7. The summed E-state index contributed by atoms with van der Waals surface area (Å²) in [5, 5.41) is 10.5. The lowest BCUT2D eigenvalue weighted by Crippen LogP contribution is -2.45. The van der Waals surface area contributed by atoms with Crippen molar-refractivity contribution in [2.75, 3.05) is 33.8 Å². The molecule has 0 radical (unpaired) electrons. The fourth-order valence-corrected chi connectivity index (χ4v) is 2.39. The van der Waals surface area contributed by atoms with Crippen LogP contribution in [0.5, 0.6) is 0 Å². The number of aromatic nitrogens is 2. The number of hydrogen-bond donors (Lipinski definition) is 2. The maximum Gasteiger partial charge on any atom is 0.241 e. The van der Waals surface area contributed by atoms with E-state index in [1.54, 1.807) is 29.9 Å². The molecule has 0 aliphatic carbocycles. The monoisotopic (exact) mass is 464 g/mol. The number of aliphatic imine (C=N–C) groups is 1. The first-order valence-corrected chi connectivity index (χ1v) is 8.37. The molecule has 8 nitrogen and oxygen atoms in total. The van der Waals surface area contributed by atoms with Crippen molar-refractivity contribution < 1.29 is 9.53 Å². The van der Waals surface area contributed by atoms with Gasteiger partial charge < -0.3 is 20.3 Å². The molecule has 1 atom stereocenters. The molecule has 1 fully saturated rings. The predicted octanol–water partition coefficient (Wildman–Crippen LogP) is 0.731. The average molecular weight is 464 g/mol. The van der Waals surface area contributed by atoms with E-state index in [0.717, 1.165) is 25.1 Å². The van der Waals surface area contributed by atoms with E-state index < -0.39 is 0 Å². The van der Waals surface area contributed by atoms with Crippen LogP contribution in [0.15, 0.2) is 17.3 Å². The molecule has 25 heavy (non-hydrogen) atoms. The molecule has 2 N–H and O–H groups in total. The van der Waals surface area contributed by atoms with Gasteiger partial charge in [-0.1, -0.05) is 0 Å². The fourth-order valence-electron chi connectivity index (χ4n) is 2.39. The van der Waals surface area contributed by atoms with Gasteiger partial charge in [-0.25, -0.2) is 4.99 Å². The summed E-state index contributed by atoms with van der Waals surface area (Å²) >= 11 is 0. The number of nitrogens with one attached hydrogen (secondary N) is 2. The zero-order valence-electron chi connectivity index (χ0n) is 15.2. The molecule has 0 saturated carbocycles. The third kappa shape index (κ3) is 7.59. The smallest absolute Gasteiger partial charge is 0.241 e. The van der Waals surface area contributed by atoms with Crippen LogP contribution in [0, 0.1) is 0 Å².